The van der Waals surface area contributed by atoms with Crippen molar-refractivity contribution >= 4 is 11.9 Å². The lowest BCUT2D eigenvalue weighted by Gasteiger charge is -2.15. The van der Waals surface area contributed by atoms with Gasteiger partial charge in [0.1, 0.15) is 6.61 Å². The van der Waals surface area contributed by atoms with Gasteiger partial charge in [-0.1, -0.05) is 48.5 Å². The normalized spacial score (nSPS) is 14.0. The quantitative estimate of drug-likeness (QED) is 0.663. The van der Waals surface area contributed by atoms with E-state index in [4.69, 9.17) is 15.6 Å². The van der Waals surface area contributed by atoms with Crippen LogP contribution in [0.4, 0.5) is 0 Å². The van der Waals surface area contributed by atoms with Gasteiger partial charge in [-0.2, -0.15) is 0 Å². The van der Waals surface area contributed by atoms with Crippen LogP contribution in [0.15, 0.2) is 48.5 Å². The van der Waals surface area contributed by atoms with Gasteiger partial charge in [-0.3, -0.25) is 0 Å². The van der Waals surface area contributed by atoms with Crippen molar-refractivity contribution < 1.29 is 19.4 Å². The average molecular weight is 297 g/mol. The van der Waals surface area contributed by atoms with Crippen LogP contribution in [-0.4, -0.2) is 29.7 Å². The Labute approximate surface area is 127 Å². The van der Waals surface area contributed by atoms with Gasteiger partial charge in [-0.15, -0.1) is 0 Å². The topological polar surface area (TPSA) is 89.6 Å². The number of esters is 1. The Morgan fingerprint density at radius 3 is 2.05 bits per heavy atom. The molecule has 0 saturated heterocycles. The number of hydrogen-bond acceptors (Lipinski definition) is 4. The third kappa shape index (κ3) is 2.35. The predicted molar refractivity (Wildman–Crippen MR) is 80.3 cm³/mol. The number of ether oxygens (including phenoxy) is 1. The maximum atomic E-state index is 11.6. The van der Waals surface area contributed by atoms with Gasteiger partial charge in [0.05, 0.1) is 0 Å². The minimum absolute atomic E-state index is 0.0772. The molecule has 0 fully saturated rings. The van der Waals surface area contributed by atoms with Crippen molar-refractivity contribution in [2.24, 2.45) is 5.73 Å². The van der Waals surface area contributed by atoms with E-state index in [0.29, 0.717) is 0 Å². The van der Waals surface area contributed by atoms with E-state index in [-0.39, 0.29) is 12.5 Å². The molecule has 1 atom stereocenters. The molecular formula is C17H15NO4. The highest BCUT2D eigenvalue weighted by Gasteiger charge is 2.30. The third-order valence-corrected chi connectivity index (χ3v) is 3.87. The number of carbonyl (C=O) groups is 2. The van der Waals surface area contributed by atoms with E-state index in [1.807, 2.05) is 48.5 Å². The minimum Gasteiger partial charge on any atom is -0.480 e. The molecule has 3 rings (SSSR count). The lowest BCUT2D eigenvalue weighted by Crippen LogP contribution is -2.40. The van der Waals surface area contributed by atoms with Crippen LogP contribution >= 0.6 is 0 Å². The zero-order valence-corrected chi connectivity index (χ0v) is 11.7. The number of rotatable bonds is 4. The van der Waals surface area contributed by atoms with Gasteiger partial charge in [0.25, 0.3) is 0 Å². The summed E-state index contributed by atoms with van der Waals surface area (Å²) < 4.78 is 5.12. The largest absolute Gasteiger partial charge is 0.480 e. The zero-order valence-electron chi connectivity index (χ0n) is 11.7. The maximum absolute atomic E-state index is 11.6. The Kier molecular flexibility index (Phi) is 3.65. The van der Waals surface area contributed by atoms with E-state index in [9.17, 15) is 9.59 Å². The number of carboxylic acid groups (broad SMARTS) is 1. The molecule has 0 spiro atoms. The summed E-state index contributed by atoms with van der Waals surface area (Å²) in [7, 11) is 0. The Hall–Kier alpha value is -2.66. The van der Waals surface area contributed by atoms with Gasteiger partial charge >= 0.3 is 11.9 Å². The third-order valence-electron chi connectivity index (χ3n) is 3.87. The van der Waals surface area contributed by atoms with Crippen molar-refractivity contribution in [3.8, 4) is 11.1 Å². The minimum atomic E-state index is -1.65. The van der Waals surface area contributed by atoms with E-state index in [2.05, 4.69) is 0 Å². The molecule has 0 saturated carbocycles. The molecule has 22 heavy (non-hydrogen) atoms. The monoisotopic (exact) mass is 297 g/mol. The van der Waals surface area contributed by atoms with Crippen molar-refractivity contribution in [2.45, 2.75) is 12.0 Å². The molecule has 0 aliphatic heterocycles. The lowest BCUT2D eigenvalue weighted by molar-refractivity contribution is -0.153. The standard InChI is InChI=1S/C17H15NO4/c18-15(16(19)20)17(21)22-9-14-12-7-3-1-5-10(12)11-6-2-4-8-13(11)14/h1-8,14-15H,9,18H2,(H,19,20)/t15-/m0/s1. The van der Waals surface area contributed by atoms with Crippen LogP contribution in [0, 0.1) is 0 Å². The van der Waals surface area contributed by atoms with Crippen molar-refractivity contribution in [1.82, 2.24) is 0 Å². The molecule has 3 N–H and O–H groups in total. The van der Waals surface area contributed by atoms with Gasteiger partial charge < -0.3 is 15.6 Å². The Morgan fingerprint density at radius 2 is 1.55 bits per heavy atom. The van der Waals surface area contributed by atoms with E-state index in [0.717, 1.165) is 22.3 Å². The van der Waals surface area contributed by atoms with Crippen molar-refractivity contribution in [3.05, 3.63) is 59.7 Å². The number of benzene rings is 2. The van der Waals surface area contributed by atoms with Crippen molar-refractivity contribution in [1.29, 1.82) is 0 Å². The van der Waals surface area contributed by atoms with Crippen molar-refractivity contribution in [3.63, 3.8) is 0 Å². The Morgan fingerprint density at radius 1 is 1.05 bits per heavy atom. The second-order valence-electron chi connectivity index (χ2n) is 5.17. The predicted octanol–water partition coefficient (Wildman–Crippen LogP) is 1.75. The molecule has 1 aliphatic carbocycles. The van der Waals surface area contributed by atoms with E-state index < -0.39 is 18.0 Å². The summed E-state index contributed by atoms with van der Waals surface area (Å²) in [6, 6.07) is 14.2. The fourth-order valence-electron chi connectivity index (χ4n) is 2.80. The summed E-state index contributed by atoms with van der Waals surface area (Å²) in [6.07, 6.45) is 0. The second kappa shape index (κ2) is 5.61. The van der Waals surface area contributed by atoms with Crippen LogP contribution in [0.3, 0.4) is 0 Å². The van der Waals surface area contributed by atoms with Crippen LogP contribution < -0.4 is 5.73 Å². The van der Waals surface area contributed by atoms with Gasteiger partial charge in [0, 0.05) is 5.92 Å². The number of carboxylic acids is 1. The van der Waals surface area contributed by atoms with Crippen LogP contribution in [0.25, 0.3) is 11.1 Å². The van der Waals surface area contributed by atoms with E-state index in [1.54, 1.807) is 0 Å². The Balaban J connectivity index is 1.85. The van der Waals surface area contributed by atoms with Gasteiger partial charge in [-0.05, 0) is 22.3 Å². The molecule has 0 bridgehead atoms. The van der Waals surface area contributed by atoms with Crippen LogP contribution in [-0.2, 0) is 14.3 Å². The fraction of sp³-hybridized carbons (Fsp3) is 0.176. The Bertz CT molecular complexity index is 695. The lowest BCUT2D eigenvalue weighted by atomic mass is 9.98. The number of aliphatic carboxylic acids is 1. The zero-order chi connectivity index (χ0) is 15.7. The van der Waals surface area contributed by atoms with E-state index in [1.165, 1.54) is 0 Å². The van der Waals surface area contributed by atoms with Gasteiger partial charge in [-0.25, -0.2) is 9.59 Å². The summed E-state index contributed by atoms with van der Waals surface area (Å²) in [5, 5.41) is 8.73. The fourth-order valence-corrected chi connectivity index (χ4v) is 2.80. The molecule has 0 aromatic heterocycles. The number of nitrogens with two attached hydrogens (primary N) is 1. The molecule has 0 amide bonds. The van der Waals surface area contributed by atoms with Gasteiger partial charge in [0.2, 0.25) is 6.04 Å². The maximum Gasteiger partial charge on any atom is 0.334 e. The summed E-state index contributed by atoms with van der Waals surface area (Å²) in [4.78, 5) is 22.3. The number of carbonyl (C=O) groups excluding carboxylic acids is 1. The second-order valence-corrected chi connectivity index (χ2v) is 5.17. The first kappa shape index (κ1) is 14.3. The molecule has 1 aliphatic rings. The molecule has 5 heteroatoms. The van der Waals surface area contributed by atoms with Gasteiger partial charge in [0.15, 0.2) is 0 Å². The first-order valence-corrected chi connectivity index (χ1v) is 6.93. The first-order chi connectivity index (χ1) is 10.6. The van der Waals surface area contributed by atoms with Crippen LogP contribution in [0.2, 0.25) is 0 Å². The summed E-state index contributed by atoms with van der Waals surface area (Å²) >= 11 is 0. The molecule has 0 unspecified atom stereocenters. The molecule has 112 valence electrons. The SMILES string of the molecule is N[C@@H](C(=O)O)C(=O)OCC1c2ccccc2-c2ccccc21. The van der Waals surface area contributed by atoms with Crippen LogP contribution in [0.5, 0.6) is 0 Å². The molecule has 0 radical (unpaired) electrons. The molecule has 2 aromatic carbocycles. The van der Waals surface area contributed by atoms with Crippen molar-refractivity contribution in [2.75, 3.05) is 6.61 Å². The summed E-state index contributed by atoms with van der Waals surface area (Å²) in [5.41, 5.74) is 9.62. The smallest absolute Gasteiger partial charge is 0.334 e. The van der Waals surface area contributed by atoms with E-state index >= 15 is 0 Å². The number of hydrogen-bond donors (Lipinski definition) is 2. The molecular weight excluding hydrogens is 282 g/mol. The highest BCUT2D eigenvalue weighted by atomic mass is 16.5. The summed E-state index contributed by atoms with van der Waals surface area (Å²) in [5.74, 6) is -2.41. The number of fused-ring (bicyclic) bond motifs is 3. The average Bonchev–Trinajstić information content (AvgIpc) is 2.86. The molecule has 0 heterocycles. The van der Waals surface area contributed by atoms with Crippen LogP contribution in [0.1, 0.15) is 17.0 Å². The highest BCUT2D eigenvalue weighted by Crippen LogP contribution is 2.44. The first-order valence-electron chi connectivity index (χ1n) is 6.93. The molecule has 2 aromatic rings. The summed E-state index contributed by atoms with van der Waals surface area (Å²) in [6.45, 7) is 0.0772. The molecule has 5 nitrogen and oxygen atoms in total. The highest BCUT2D eigenvalue weighted by molar-refractivity contribution is 5.98.